The number of benzene rings is 2. The van der Waals surface area contributed by atoms with Gasteiger partial charge < -0.3 is 20.5 Å². The van der Waals surface area contributed by atoms with E-state index in [-0.39, 0.29) is 35.3 Å². The number of amides is 1. The van der Waals surface area contributed by atoms with Gasteiger partial charge in [0.05, 0.1) is 17.6 Å². The molecule has 1 atom stereocenters. The number of carbonyl (C=O) groups excluding carboxylic acids is 1. The number of rotatable bonds is 5. The predicted octanol–water partition coefficient (Wildman–Crippen LogP) is 4.72. The average molecular weight is 460 g/mol. The number of nitrogens with one attached hydrogen (secondary N) is 1. The lowest BCUT2D eigenvalue weighted by atomic mass is 9.99. The van der Waals surface area contributed by atoms with Gasteiger partial charge in [0.1, 0.15) is 29.0 Å². The number of hydrogen-bond donors (Lipinski definition) is 2. The molecule has 1 aromatic heterocycles. The normalized spacial score (nSPS) is 15.7. The van der Waals surface area contributed by atoms with E-state index in [9.17, 15) is 13.6 Å². The molecule has 6 nitrogen and oxygen atoms in total. The van der Waals surface area contributed by atoms with Gasteiger partial charge in [-0.2, -0.15) is 0 Å². The van der Waals surface area contributed by atoms with Crippen LogP contribution in [0.3, 0.4) is 0 Å². The van der Waals surface area contributed by atoms with E-state index in [4.69, 9.17) is 22.3 Å². The zero-order valence-corrected chi connectivity index (χ0v) is 18.5. The van der Waals surface area contributed by atoms with Crippen LogP contribution in [0.5, 0.6) is 0 Å². The third-order valence-corrected chi connectivity index (χ3v) is 5.88. The van der Waals surface area contributed by atoms with Gasteiger partial charge in [-0.05, 0) is 48.4 Å². The third-order valence-electron chi connectivity index (χ3n) is 5.59. The Labute approximate surface area is 190 Å². The maximum absolute atomic E-state index is 13.7. The molecule has 32 heavy (non-hydrogen) atoms. The highest BCUT2D eigenvalue weighted by Crippen LogP contribution is 2.39. The minimum Gasteiger partial charge on any atom is -0.340 e. The fraction of sp³-hybridized carbons (Fsp3) is 0.304. The first-order chi connectivity index (χ1) is 15.3. The summed E-state index contributed by atoms with van der Waals surface area (Å²) >= 11 is 5.97. The summed E-state index contributed by atoms with van der Waals surface area (Å²) in [6, 6.07) is 10.1. The third kappa shape index (κ3) is 4.08. The zero-order chi connectivity index (χ0) is 23.0. The van der Waals surface area contributed by atoms with Gasteiger partial charge in [-0.1, -0.05) is 25.4 Å². The number of nitrogens with two attached hydrogens (primary N) is 1. The summed E-state index contributed by atoms with van der Waals surface area (Å²) in [6.45, 7) is 4.94. The summed E-state index contributed by atoms with van der Waals surface area (Å²) in [5.41, 5.74) is 7.55. The molecule has 0 spiro atoms. The van der Waals surface area contributed by atoms with Gasteiger partial charge in [0.15, 0.2) is 0 Å². The van der Waals surface area contributed by atoms with Gasteiger partial charge in [0.25, 0.3) is 0 Å². The first kappa shape index (κ1) is 22.2. The molecule has 0 fully saturated rings. The number of carbonyl (C=O) groups is 1. The SMILES string of the molecule is CC(C)[C@@H]1c2nc(-c3ccc(F)cc3)c(Nc3ccc(F)c(Cl)c3)n2CCN1C(=O)CN. The van der Waals surface area contributed by atoms with Crippen molar-refractivity contribution in [3.63, 3.8) is 0 Å². The second-order valence-electron chi connectivity index (χ2n) is 8.06. The van der Waals surface area contributed by atoms with Crippen LogP contribution in [-0.4, -0.2) is 33.4 Å². The zero-order valence-electron chi connectivity index (χ0n) is 17.8. The number of imidazole rings is 1. The molecule has 0 radical (unpaired) electrons. The minimum absolute atomic E-state index is 0.00325. The monoisotopic (exact) mass is 459 g/mol. The van der Waals surface area contributed by atoms with Crippen LogP contribution in [0.15, 0.2) is 42.5 Å². The quantitative estimate of drug-likeness (QED) is 0.578. The highest BCUT2D eigenvalue weighted by atomic mass is 35.5. The van der Waals surface area contributed by atoms with Gasteiger partial charge in [0, 0.05) is 24.3 Å². The van der Waals surface area contributed by atoms with E-state index in [1.165, 1.54) is 24.3 Å². The van der Waals surface area contributed by atoms with E-state index in [1.54, 1.807) is 23.1 Å². The number of nitrogens with zero attached hydrogens (tertiary/aromatic N) is 3. The molecule has 2 heterocycles. The lowest BCUT2D eigenvalue weighted by Crippen LogP contribution is -2.46. The van der Waals surface area contributed by atoms with Gasteiger partial charge in [-0.25, -0.2) is 13.8 Å². The molecule has 4 rings (SSSR count). The summed E-state index contributed by atoms with van der Waals surface area (Å²) in [7, 11) is 0. The molecule has 168 valence electrons. The Bertz CT molecular complexity index is 1150. The molecule has 0 unspecified atom stereocenters. The van der Waals surface area contributed by atoms with Gasteiger partial charge in [-0.3, -0.25) is 4.79 Å². The van der Waals surface area contributed by atoms with E-state index >= 15 is 0 Å². The van der Waals surface area contributed by atoms with Crippen molar-refractivity contribution in [3.8, 4) is 11.3 Å². The van der Waals surface area contributed by atoms with Crippen LogP contribution in [-0.2, 0) is 11.3 Å². The first-order valence-electron chi connectivity index (χ1n) is 10.4. The number of hydrogen-bond acceptors (Lipinski definition) is 4. The van der Waals surface area contributed by atoms with Crippen molar-refractivity contribution in [2.24, 2.45) is 11.7 Å². The molecule has 3 N–H and O–H groups in total. The Balaban J connectivity index is 1.86. The van der Waals surface area contributed by atoms with Crippen molar-refractivity contribution in [3.05, 3.63) is 64.9 Å². The maximum Gasteiger partial charge on any atom is 0.236 e. The Morgan fingerprint density at radius 2 is 1.94 bits per heavy atom. The van der Waals surface area contributed by atoms with Crippen LogP contribution in [0.25, 0.3) is 11.3 Å². The fourth-order valence-electron chi connectivity index (χ4n) is 4.11. The van der Waals surface area contributed by atoms with Crippen LogP contribution in [0.2, 0.25) is 5.02 Å². The topological polar surface area (TPSA) is 76.2 Å². The van der Waals surface area contributed by atoms with Gasteiger partial charge in [0.2, 0.25) is 5.91 Å². The van der Waals surface area contributed by atoms with Crippen LogP contribution < -0.4 is 11.1 Å². The van der Waals surface area contributed by atoms with Crippen molar-refractivity contribution in [2.75, 3.05) is 18.4 Å². The number of aromatic nitrogens is 2. The Hall–Kier alpha value is -2.97. The van der Waals surface area contributed by atoms with E-state index < -0.39 is 5.82 Å². The van der Waals surface area contributed by atoms with Crippen LogP contribution in [0.1, 0.15) is 25.7 Å². The minimum atomic E-state index is -0.512. The summed E-state index contributed by atoms with van der Waals surface area (Å²) in [6.07, 6.45) is 0. The van der Waals surface area contributed by atoms with E-state index in [0.717, 1.165) is 0 Å². The molecule has 2 aromatic carbocycles. The summed E-state index contributed by atoms with van der Waals surface area (Å²) in [5.74, 6) is 0.463. The van der Waals surface area contributed by atoms with Gasteiger partial charge in [-0.15, -0.1) is 0 Å². The number of anilines is 2. The second-order valence-corrected chi connectivity index (χ2v) is 8.47. The van der Waals surface area contributed by atoms with Crippen LogP contribution in [0, 0.1) is 17.6 Å². The highest BCUT2D eigenvalue weighted by molar-refractivity contribution is 6.31. The second kappa shape index (κ2) is 8.88. The average Bonchev–Trinajstić information content (AvgIpc) is 3.13. The van der Waals surface area contributed by atoms with E-state index in [2.05, 4.69) is 5.32 Å². The molecule has 0 aliphatic carbocycles. The van der Waals surface area contributed by atoms with Crippen molar-refractivity contribution >= 4 is 29.0 Å². The van der Waals surface area contributed by atoms with Crippen LogP contribution >= 0.6 is 11.6 Å². The molecule has 3 aromatic rings. The predicted molar refractivity (Wildman–Crippen MR) is 121 cm³/mol. The largest absolute Gasteiger partial charge is 0.340 e. The molecule has 0 saturated heterocycles. The smallest absolute Gasteiger partial charge is 0.236 e. The Morgan fingerprint density at radius 1 is 1.22 bits per heavy atom. The fourth-order valence-corrected chi connectivity index (χ4v) is 4.29. The van der Waals surface area contributed by atoms with Crippen LogP contribution in [0.4, 0.5) is 20.3 Å². The first-order valence-corrected chi connectivity index (χ1v) is 10.8. The van der Waals surface area contributed by atoms with Crippen molar-refractivity contribution in [2.45, 2.75) is 26.4 Å². The molecule has 1 amide bonds. The molecule has 0 bridgehead atoms. The highest BCUT2D eigenvalue weighted by Gasteiger charge is 2.36. The number of halogens is 3. The standard InChI is InChI=1S/C23H24ClF2N5O/c1-13(2)21-23-29-20(14-3-5-15(25)6-4-14)22(28-16-7-8-18(26)17(24)11-16)31(23)10-9-30(21)19(32)12-27/h3-8,11,13,21,28H,9-10,12,27H2,1-2H3/t21-/m1/s1. The van der Waals surface area contributed by atoms with Crippen molar-refractivity contribution in [1.29, 1.82) is 0 Å². The Kier molecular flexibility index (Phi) is 6.17. The lowest BCUT2D eigenvalue weighted by Gasteiger charge is -2.38. The molecular formula is C23H24ClF2N5O. The number of fused-ring (bicyclic) bond motifs is 1. The summed E-state index contributed by atoms with van der Waals surface area (Å²) in [5, 5.41) is 3.30. The molecular weight excluding hydrogens is 436 g/mol. The molecule has 1 aliphatic heterocycles. The van der Waals surface area contributed by atoms with E-state index in [0.29, 0.717) is 41.7 Å². The molecule has 1 aliphatic rings. The maximum atomic E-state index is 13.7. The lowest BCUT2D eigenvalue weighted by molar-refractivity contribution is -0.134. The van der Waals surface area contributed by atoms with Crippen molar-refractivity contribution < 1.29 is 13.6 Å². The Morgan fingerprint density at radius 3 is 2.56 bits per heavy atom. The summed E-state index contributed by atoms with van der Waals surface area (Å²) in [4.78, 5) is 19.2. The van der Waals surface area contributed by atoms with E-state index in [1.807, 2.05) is 18.4 Å². The molecule has 0 saturated carbocycles. The van der Waals surface area contributed by atoms with Crippen molar-refractivity contribution in [1.82, 2.24) is 14.5 Å². The summed E-state index contributed by atoms with van der Waals surface area (Å²) < 4.78 is 29.2. The molecule has 9 heteroatoms. The van der Waals surface area contributed by atoms with Gasteiger partial charge >= 0.3 is 0 Å².